The van der Waals surface area contributed by atoms with Crippen molar-refractivity contribution in [3.8, 4) is 0 Å². The van der Waals surface area contributed by atoms with Crippen LogP contribution < -0.4 is 0 Å². The lowest BCUT2D eigenvalue weighted by Gasteiger charge is -2.18. The highest BCUT2D eigenvalue weighted by atomic mass is 19.3. The Hall–Kier alpha value is -0.320. The maximum atomic E-state index is 12.5. The Bertz CT molecular complexity index is 168. The summed E-state index contributed by atoms with van der Waals surface area (Å²) in [5, 5.41) is 0. The van der Waals surface area contributed by atoms with E-state index in [4.69, 9.17) is 0 Å². The number of halogens is 4. The first-order valence-corrected chi connectivity index (χ1v) is 3.22. The molecule has 0 bridgehead atoms. The molecule has 1 aliphatic heterocycles. The van der Waals surface area contributed by atoms with Crippen LogP contribution in [0.3, 0.4) is 0 Å². The lowest BCUT2D eigenvalue weighted by molar-refractivity contribution is -0.311. The van der Waals surface area contributed by atoms with Crippen LogP contribution in [0.25, 0.3) is 0 Å². The van der Waals surface area contributed by atoms with Crippen molar-refractivity contribution >= 4 is 0 Å². The average Bonchev–Trinajstić information content (AvgIpc) is 1.93. The van der Waals surface area contributed by atoms with E-state index in [0.29, 0.717) is 0 Å². The van der Waals surface area contributed by atoms with Gasteiger partial charge in [0.05, 0.1) is 12.0 Å². The van der Waals surface area contributed by atoms with Crippen LogP contribution in [0.4, 0.5) is 17.6 Å². The van der Waals surface area contributed by atoms with Gasteiger partial charge in [0.15, 0.2) is 0 Å². The molecule has 66 valence electrons. The van der Waals surface area contributed by atoms with Gasteiger partial charge in [0.2, 0.25) is 0 Å². The van der Waals surface area contributed by atoms with Gasteiger partial charge in [-0.05, 0) is 6.92 Å². The van der Waals surface area contributed by atoms with Gasteiger partial charge in [0.1, 0.15) is 0 Å². The second-order valence-electron chi connectivity index (χ2n) is 2.75. The minimum Gasteiger partial charge on any atom is -0.312 e. The smallest absolute Gasteiger partial charge is 0.312 e. The first-order valence-electron chi connectivity index (χ1n) is 3.22. The maximum Gasteiger partial charge on any atom is 0.420 e. The lowest BCUT2D eigenvalue weighted by atomic mass is 10.0. The SMILES string of the molecule is CC1OC(F)(F)C(F)(F)C1C. The zero-order valence-corrected chi connectivity index (χ0v) is 6.07. The van der Waals surface area contributed by atoms with Crippen LogP contribution in [0.5, 0.6) is 0 Å². The molecule has 1 fully saturated rings. The molecule has 1 saturated heterocycles. The van der Waals surface area contributed by atoms with Crippen molar-refractivity contribution in [2.24, 2.45) is 5.92 Å². The minimum atomic E-state index is -4.30. The monoisotopic (exact) mass is 172 g/mol. The van der Waals surface area contributed by atoms with E-state index in [1.54, 1.807) is 0 Å². The Labute approximate surface area is 61.3 Å². The maximum absolute atomic E-state index is 12.5. The van der Waals surface area contributed by atoms with Crippen molar-refractivity contribution in [1.82, 2.24) is 0 Å². The molecule has 0 radical (unpaired) electrons. The predicted molar refractivity (Wildman–Crippen MR) is 29.6 cm³/mol. The van der Waals surface area contributed by atoms with Crippen molar-refractivity contribution in [2.45, 2.75) is 32.0 Å². The molecule has 0 amide bonds. The summed E-state index contributed by atoms with van der Waals surface area (Å²) in [5.74, 6) is -5.47. The molecular weight excluding hydrogens is 164 g/mol. The molecule has 1 rings (SSSR count). The van der Waals surface area contributed by atoms with Crippen LogP contribution in [0, 0.1) is 5.92 Å². The summed E-state index contributed by atoms with van der Waals surface area (Å²) in [7, 11) is 0. The van der Waals surface area contributed by atoms with Gasteiger partial charge >= 0.3 is 12.0 Å². The number of ether oxygens (including phenoxy) is 1. The van der Waals surface area contributed by atoms with Crippen LogP contribution in [0.1, 0.15) is 13.8 Å². The highest BCUT2D eigenvalue weighted by Gasteiger charge is 2.68. The van der Waals surface area contributed by atoms with Crippen molar-refractivity contribution in [3.05, 3.63) is 0 Å². The molecule has 0 aromatic heterocycles. The fourth-order valence-corrected chi connectivity index (χ4v) is 0.974. The second-order valence-corrected chi connectivity index (χ2v) is 2.75. The predicted octanol–water partition coefficient (Wildman–Crippen LogP) is 2.27. The van der Waals surface area contributed by atoms with Gasteiger partial charge in [0.25, 0.3) is 0 Å². The molecule has 11 heavy (non-hydrogen) atoms. The molecule has 2 atom stereocenters. The molecule has 5 heteroatoms. The molecule has 0 aromatic carbocycles. The zero-order valence-electron chi connectivity index (χ0n) is 6.07. The van der Waals surface area contributed by atoms with E-state index >= 15 is 0 Å². The molecule has 2 unspecified atom stereocenters. The van der Waals surface area contributed by atoms with Crippen molar-refractivity contribution in [3.63, 3.8) is 0 Å². The highest BCUT2D eigenvalue weighted by Crippen LogP contribution is 2.49. The van der Waals surface area contributed by atoms with Gasteiger partial charge in [-0.3, -0.25) is 0 Å². The van der Waals surface area contributed by atoms with Crippen LogP contribution in [0.2, 0.25) is 0 Å². The molecule has 1 heterocycles. The van der Waals surface area contributed by atoms with Crippen LogP contribution in [0.15, 0.2) is 0 Å². The molecule has 0 saturated carbocycles. The molecule has 0 aliphatic carbocycles. The number of hydrogen-bond donors (Lipinski definition) is 0. The standard InChI is InChI=1S/C6H8F4O/c1-3-4(2)11-6(9,10)5(3,7)8/h3-4H,1-2H3. The summed E-state index contributed by atoms with van der Waals surface area (Å²) < 4.78 is 53.3. The number of hydrogen-bond acceptors (Lipinski definition) is 1. The van der Waals surface area contributed by atoms with Crippen LogP contribution >= 0.6 is 0 Å². The summed E-state index contributed by atoms with van der Waals surface area (Å²) in [6, 6.07) is 0. The first kappa shape index (κ1) is 8.77. The van der Waals surface area contributed by atoms with Gasteiger partial charge < -0.3 is 4.74 Å². The van der Waals surface area contributed by atoms with Gasteiger partial charge in [-0.2, -0.15) is 17.6 Å². The second kappa shape index (κ2) is 2.09. The van der Waals surface area contributed by atoms with E-state index in [2.05, 4.69) is 4.74 Å². The third-order valence-corrected chi connectivity index (χ3v) is 2.00. The van der Waals surface area contributed by atoms with Gasteiger partial charge in [0, 0.05) is 0 Å². The summed E-state index contributed by atoms with van der Waals surface area (Å²) in [4.78, 5) is 0. The molecule has 0 N–H and O–H groups in total. The molecule has 0 aromatic rings. The fraction of sp³-hybridized carbons (Fsp3) is 1.00. The third kappa shape index (κ3) is 1.02. The van der Waals surface area contributed by atoms with Crippen molar-refractivity contribution in [1.29, 1.82) is 0 Å². The molecule has 0 spiro atoms. The fourth-order valence-electron chi connectivity index (χ4n) is 0.974. The molecular formula is C6H8F4O. The topological polar surface area (TPSA) is 9.23 Å². The summed E-state index contributed by atoms with van der Waals surface area (Å²) in [5.41, 5.74) is 0. The quantitative estimate of drug-likeness (QED) is 0.509. The number of alkyl halides is 4. The van der Waals surface area contributed by atoms with Gasteiger partial charge in [-0.25, -0.2) is 0 Å². The van der Waals surface area contributed by atoms with Gasteiger partial charge in [-0.15, -0.1) is 0 Å². The Morgan fingerprint density at radius 3 is 1.64 bits per heavy atom. The van der Waals surface area contributed by atoms with E-state index in [1.165, 1.54) is 6.92 Å². The van der Waals surface area contributed by atoms with Crippen LogP contribution in [-0.4, -0.2) is 18.1 Å². The van der Waals surface area contributed by atoms with Crippen LogP contribution in [-0.2, 0) is 4.74 Å². The normalized spacial score (nSPS) is 40.9. The summed E-state index contributed by atoms with van der Waals surface area (Å²) >= 11 is 0. The van der Waals surface area contributed by atoms with E-state index in [1.807, 2.05) is 0 Å². The minimum absolute atomic E-state index is 1.05. The van der Waals surface area contributed by atoms with E-state index in [0.717, 1.165) is 6.92 Å². The summed E-state index contributed by atoms with van der Waals surface area (Å²) in [6.45, 7) is 2.26. The third-order valence-electron chi connectivity index (χ3n) is 2.00. The first-order chi connectivity index (χ1) is 4.79. The van der Waals surface area contributed by atoms with E-state index < -0.39 is 24.1 Å². The highest BCUT2D eigenvalue weighted by molar-refractivity contribution is 4.92. The van der Waals surface area contributed by atoms with Gasteiger partial charge in [-0.1, -0.05) is 6.92 Å². The Morgan fingerprint density at radius 1 is 1.09 bits per heavy atom. The van der Waals surface area contributed by atoms with Crippen molar-refractivity contribution in [2.75, 3.05) is 0 Å². The molecule has 1 aliphatic rings. The van der Waals surface area contributed by atoms with E-state index in [9.17, 15) is 17.6 Å². The Balaban J connectivity index is 2.92. The zero-order chi connectivity index (χ0) is 8.86. The van der Waals surface area contributed by atoms with Crippen molar-refractivity contribution < 1.29 is 22.3 Å². The Morgan fingerprint density at radius 2 is 1.55 bits per heavy atom. The average molecular weight is 172 g/mol. The van der Waals surface area contributed by atoms with E-state index in [-0.39, 0.29) is 0 Å². The Kier molecular flexibility index (Phi) is 1.67. The summed E-state index contributed by atoms with van der Waals surface area (Å²) in [6.07, 6.45) is -5.40. The number of rotatable bonds is 0. The molecule has 1 nitrogen and oxygen atoms in total. The largest absolute Gasteiger partial charge is 0.420 e. The lowest BCUT2D eigenvalue weighted by Crippen LogP contribution is -2.39.